The number of thioether (sulfide) groups is 1. The monoisotopic (exact) mass is 477 g/mol. The minimum Gasteiger partial charge on any atom is -0.362 e. The molecular formula is C32H28FNS. The Labute approximate surface area is 211 Å². The first-order chi connectivity index (χ1) is 17.1. The number of rotatable bonds is 7. The third kappa shape index (κ3) is 4.56. The Balaban J connectivity index is 1.80. The fourth-order valence-corrected chi connectivity index (χ4v) is 6.70. The first kappa shape index (κ1) is 23.2. The van der Waals surface area contributed by atoms with E-state index < -0.39 is 4.75 Å². The lowest BCUT2D eigenvalue weighted by Gasteiger charge is -2.38. The molecule has 1 unspecified atom stereocenters. The van der Waals surface area contributed by atoms with Crippen molar-refractivity contribution in [3.05, 3.63) is 166 Å². The van der Waals surface area contributed by atoms with Crippen molar-refractivity contribution in [1.29, 1.82) is 0 Å². The van der Waals surface area contributed by atoms with E-state index in [0.717, 1.165) is 17.0 Å². The molecule has 0 saturated carbocycles. The fraction of sp³-hybridized carbons (Fsp3) is 0.125. The predicted octanol–water partition coefficient (Wildman–Crippen LogP) is 8.59. The smallest absolute Gasteiger partial charge is 0.123 e. The Morgan fingerprint density at radius 2 is 1.11 bits per heavy atom. The van der Waals surface area contributed by atoms with Crippen molar-refractivity contribution in [2.24, 2.45) is 0 Å². The average molecular weight is 478 g/mol. The molecule has 0 spiro atoms. The first-order valence-corrected chi connectivity index (χ1v) is 12.7. The third-order valence-electron chi connectivity index (χ3n) is 6.48. The summed E-state index contributed by atoms with van der Waals surface area (Å²) in [5, 5.41) is -0.0267. The zero-order chi connectivity index (χ0) is 24.3. The molecule has 174 valence electrons. The van der Waals surface area contributed by atoms with Gasteiger partial charge in [-0.2, -0.15) is 0 Å². The highest BCUT2D eigenvalue weighted by Crippen LogP contribution is 2.56. The van der Waals surface area contributed by atoms with Crippen LogP contribution in [-0.4, -0.2) is 4.98 Å². The first-order valence-electron chi connectivity index (χ1n) is 11.8. The zero-order valence-electron chi connectivity index (χ0n) is 19.9. The number of aromatic amines is 1. The van der Waals surface area contributed by atoms with Crippen LogP contribution in [0.3, 0.4) is 0 Å². The number of H-pyrrole nitrogens is 1. The van der Waals surface area contributed by atoms with E-state index >= 15 is 0 Å². The van der Waals surface area contributed by atoms with Crippen LogP contribution in [0.1, 0.15) is 44.5 Å². The second kappa shape index (κ2) is 9.97. The average Bonchev–Trinajstić information content (AvgIpc) is 3.24. The van der Waals surface area contributed by atoms with Crippen molar-refractivity contribution in [1.82, 2.24) is 4.98 Å². The maximum atomic E-state index is 14.0. The summed E-state index contributed by atoms with van der Waals surface area (Å²) in [6.07, 6.45) is 0. The molecule has 0 aliphatic rings. The number of aryl methyl sites for hydroxylation is 2. The molecule has 1 aromatic heterocycles. The van der Waals surface area contributed by atoms with Gasteiger partial charge in [0.2, 0.25) is 0 Å². The van der Waals surface area contributed by atoms with Crippen LogP contribution in [0.2, 0.25) is 0 Å². The maximum Gasteiger partial charge on any atom is 0.123 e. The van der Waals surface area contributed by atoms with Gasteiger partial charge in [0.25, 0.3) is 0 Å². The molecule has 1 nitrogen and oxygen atoms in total. The van der Waals surface area contributed by atoms with Gasteiger partial charge >= 0.3 is 0 Å². The normalized spacial score (nSPS) is 12.4. The molecular weight excluding hydrogens is 449 g/mol. The lowest BCUT2D eigenvalue weighted by molar-refractivity contribution is 0.627. The largest absolute Gasteiger partial charge is 0.362 e. The van der Waals surface area contributed by atoms with Crippen molar-refractivity contribution in [2.75, 3.05) is 0 Å². The van der Waals surface area contributed by atoms with Gasteiger partial charge in [0.15, 0.2) is 0 Å². The molecule has 1 N–H and O–H groups in total. The molecule has 0 amide bonds. The van der Waals surface area contributed by atoms with Gasteiger partial charge in [-0.05, 0) is 59.9 Å². The Morgan fingerprint density at radius 3 is 1.51 bits per heavy atom. The quantitative estimate of drug-likeness (QED) is 0.232. The van der Waals surface area contributed by atoms with Crippen LogP contribution in [0.5, 0.6) is 0 Å². The van der Waals surface area contributed by atoms with Crippen LogP contribution in [0.25, 0.3) is 0 Å². The van der Waals surface area contributed by atoms with Crippen molar-refractivity contribution >= 4 is 11.8 Å². The molecule has 0 aliphatic heterocycles. The molecule has 1 heterocycles. The van der Waals surface area contributed by atoms with Crippen molar-refractivity contribution in [3.63, 3.8) is 0 Å². The van der Waals surface area contributed by atoms with Crippen molar-refractivity contribution < 1.29 is 4.39 Å². The minimum atomic E-state index is -0.486. The van der Waals surface area contributed by atoms with E-state index in [1.807, 2.05) is 23.9 Å². The third-order valence-corrected chi connectivity index (χ3v) is 8.30. The topological polar surface area (TPSA) is 15.8 Å². The highest BCUT2D eigenvalue weighted by Gasteiger charge is 2.40. The lowest BCUT2D eigenvalue weighted by atomic mass is 9.84. The molecule has 3 heteroatoms. The Morgan fingerprint density at radius 1 is 0.657 bits per heavy atom. The number of halogens is 1. The molecule has 0 fully saturated rings. The lowest BCUT2D eigenvalue weighted by Crippen LogP contribution is -2.27. The standard InChI is InChI=1S/C32H28FNS/c1-23-22-30(24(2)34-23)31(25-18-20-29(33)21-19-25)35-32(26-12-6-3-7-13-26,27-14-8-4-9-15-27)28-16-10-5-11-17-28/h3-22,31,34H,1-2H3. The summed E-state index contributed by atoms with van der Waals surface area (Å²) in [6.45, 7) is 4.20. The fourth-order valence-electron chi connectivity index (χ4n) is 4.87. The predicted molar refractivity (Wildman–Crippen MR) is 145 cm³/mol. The molecule has 0 radical (unpaired) electrons. The van der Waals surface area contributed by atoms with Gasteiger partial charge in [0.05, 0.1) is 10.00 Å². The Kier molecular flexibility index (Phi) is 6.61. The molecule has 4 aromatic carbocycles. The van der Waals surface area contributed by atoms with Gasteiger partial charge in [-0.3, -0.25) is 0 Å². The van der Waals surface area contributed by atoms with E-state index in [0.29, 0.717) is 0 Å². The number of nitrogens with one attached hydrogen (secondary N) is 1. The molecule has 0 bridgehead atoms. The van der Waals surface area contributed by atoms with Gasteiger partial charge in [-0.1, -0.05) is 103 Å². The van der Waals surface area contributed by atoms with E-state index in [1.54, 1.807) is 12.1 Å². The van der Waals surface area contributed by atoms with E-state index in [-0.39, 0.29) is 11.1 Å². The van der Waals surface area contributed by atoms with Crippen LogP contribution >= 0.6 is 11.8 Å². The minimum absolute atomic E-state index is 0.0267. The molecule has 5 rings (SSSR count). The van der Waals surface area contributed by atoms with Gasteiger partial charge in [-0.25, -0.2) is 4.39 Å². The molecule has 1 atom stereocenters. The highest BCUT2D eigenvalue weighted by molar-refractivity contribution is 8.01. The van der Waals surface area contributed by atoms with Crippen LogP contribution in [0.15, 0.2) is 121 Å². The molecule has 35 heavy (non-hydrogen) atoms. The Hall–Kier alpha value is -3.56. The van der Waals surface area contributed by atoms with Gasteiger partial charge in [0, 0.05) is 11.4 Å². The van der Waals surface area contributed by atoms with Crippen LogP contribution in [0, 0.1) is 19.7 Å². The summed E-state index contributed by atoms with van der Waals surface area (Å²) in [4.78, 5) is 3.49. The second-order valence-electron chi connectivity index (χ2n) is 8.86. The summed E-state index contributed by atoms with van der Waals surface area (Å²) < 4.78 is 13.5. The Bertz CT molecular complexity index is 1280. The van der Waals surface area contributed by atoms with Crippen LogP contribution in [-0.2, 0) is 4.75 Å². The second-order valence-corrected chi connectivity index (χ2v) is 10.2. The highest BCUT2D eigenvalue weighted by atomic mass is 32.2. The van der Waals surface area contributed by atoms with E-state index in [2.05, 4.69) is 116 Å². The summed E-state index contributed by atoms with van der Waals surface area (Å²) >= 11 is 1.89. The zero-order valence-corrected chi connectivity index (χ0v) is 20.7. The van der Waals surface area contributed by atoms with E-state index in [1.165, 1.54) is 22.3 Å². The van der Waals surface area contributed by atoms with Gasteiger partial charge in [0.1, 0.15) is 5.82 Å². The van der Waals surface area contributed by atoms with Gasteiger partial charge in [-0.15, -0.1) is 11.8 Å². The molecule has 0 saturated heterocycles. The van der Waals surface area contributed by atoms with Crippen LogP contribution in [0.4, 0.5) is 4.39 Å². The number of aromatic nitrogens is 1. The number of hydrogen-bond acceptors (Lipinski definition) is 1. The van der Waals surface area contributed by atoms with Crippen molar-refractivity contribution in [2.45, 2.75) is 23.8 Å². The maximum absolute atomic E-state index is 14.0. The van der Waals surface area contributed by atoms with E-state index in [9.17, 15) is 4.39 Å². The summed E-state index contributed by atoms with van der Waals surface area (Å²) in [5.74, 6) is -0.222. The number of benzene rings is 4. The SMILES string of the molecule is Cc1cc(C(SC(c2ccccc2)(c2ccccc2)c2ccccc2)c2ccc(F)cc2)c(C)[nH]1. The van der Waals surface area contributed by atoms with E-state index in [4.69, 9.17) is 0 Å². The van der Waals surface area contributed by atoms with Gasteiger partial charge < -0.3 is 4.98 Å². The molecule has 5 aromatic rings. The summed E-state index contributed by atoms with van der Waals surface area (Å²) in [5.41, 5.74) is 8.16. The number of hydrogen-bond donors (Lipinski definition) is 1. The summed E-state index contributed by atoms with van der Waals surface area (Å²) in [7, 11) is 0. The van der Waals surface area contributed by atoms with Crippen molar-refractivity contribution in [3.8, 4) is 0 Å². The molecule has 0 aliphatic carbocycles. The summed E-state index contributed by atoms with van der Waals surface area (Å²) in [6, 6.07) is 41.3. The van der Waals surface area contributed by atoms with Crippen LogP contribution < -0.4 is 0 Å².